The van der Waals surface area contributed by atoms with Gasteiger partial charge in [-0.3, -0.25) is 29.4 Å². The first-order chi connectivity index (χ1) is 13.0. The Morgan fingerprint density at radius 1 is 1.26 bits per heavy atom. The van der Waals surface area contributed by atoms with Gasteiger partial charge in [-0.1, -0.05) is 0 Å². The zero-order valence-electron chi connectivity index (χ0n) is 14.7. The molecule has 3 amide bonds. The lowest BCUT2D eigenvalue weighted by Gasteiger charge is -2.28. The maximum absolute atomic E-state index is 12.2. The number of benzene rings is 1. The van der Waals surface area contributed by atoms with Gasteiger partial charge in [0.15, 0.2) is 6.61 Å². The number of ether oxygens (including phenoxy) is 1. The van der Waals surface area contributed by atoms with Crippen LogP contribution in [-0.4, -0.2) is 60.3 Å². The summed E-state index contributed by atoms with van der Waals surface area (Å²) in [6, 6.07) is 3.88. The SMILES string of the molecule is O=C(CN1C(=O)COc2ccc([N+](=O)[O-])cc21)NCCC(=O)N1CCCC1. The minimum absolute atomic E-state index is 0.00350. The molecule has 2 aliphatic rings. The Morgan fingerprint density at radius 3 is 2.70 bits per heavy atom. The van der Waals surface area contributed by atoms with E-state index in [1.165, 1.54) is 18.2 Å². The fraction of sp³-hybridized carbons (Fsp3) is 0.471. The number of nitro benzene ring substituents is 1. The number of rotatable bonds is 6. The van der Waals surface area contributed by atoms with Gasteiger partial charge in [-0.05, 0) is 18.9 Å². The van der Waals surface area contributed by atoms with Crippen LogP contribution < -0.4 is 15.0 Å². The second-order valence-electron chi connectivity index (χ2n) is 6.37. The van der Waals surface area contributed by atoms with Gasteiger partial charge >= 0.3 is 0 Å². The van der Waals surface area contributed by atoms with Gasteiger partial charge in [-0.25, -0.2) is 0 Å². The van der Waals surface area contributed by atoms with Gasteiger partial charge in [0.2, 0.25) is 11.8 Å². The summed E-state index contributed by atoms with van der Waals surface area (Å²) in [5.41, 5.74) is -0.0163. The minimum Gasteiger partial charge on any atom is -0.482 e. The van der Waals surface area contributed by atoms with Crippen molar-refractivity contribution in [1.29, 1.82) is 0 Å². The Labute approximate surface area is 155 Å². The summed E-state index contributed by atoms with van der Waals surface area (Å²) in [6.07, 6.45) is 2.20. The van der Waals surface area contributed by atoms with Gasteiger partial charge in [0.1, 0.15) is 12.3 Å². The van der Waals surface area contributed by atoms with E-state index >= 15 is 0 Å². The Hall–Kier alpha value is -3.17. The molecule has 1 N–H and O–H groups in total. The summed E-state index contributed by atoms with van der Waals surface area (Å²) in [6.45, 7) is 1.14. The number of hydrogen-bond donors (Lipinski definition) is 1. The summed E-state index contributed by atoms with van der Waals surface area (Å²) >= 11 is 0. The van der Waals surface area contributed by atoms with Crippen LogP contribution in [0.25, 0.3) is 0 Å². The summed E-state index contributed by atoms with van der Waals surface area (Å²) < 4.78 is 5.26. The molecule has 1 aromatic rings. The van der Waals surface area contributed by atoms with Crippen molar-refractivity contribution in [3.63, 3.8) is 0 Å². The van der Waals surface area contributed by atoms with Crippen LogP contribution in [0, 0.1) is 10.1 Å². The molecular formula is C17H20N4O6. The highest BCUT2D eigenvalue weighted by atomic mass is 16.6. The van der Waals surface area contributed by atoms with Crippen molar-refractivity contribution in [2.75, 3.05) is 37.7 Å². The molecule has 27 heavy (non-hydrogen) atoms. The van der Waals surface area contributed by atoms with Gasteiger partial charge < -0.3 is 15.0 Å². The van der Waals surface area contributed by atoms with Crippen molar-refractivity contribution < 1.29 is 24.0 Å². The highest BCUT2D eigenvalue weighted by Crippen LogP contribution is 2.35. The smallest absolute Gasteiger partial charge is 0.271 e. The molecule has 2 heterocycles. The molecule has 0 spiro atoms. The quantitative estimate of drug-likeness (QED) is 0.568. The number of nitrogens with one attached hydrogen (secondary N) is 1. The van der Waals surface area contributed by atoms with Crippen LogP contribution in [-0.2, 0) is 14.4 Å². The van der Waals surface area contributed by atoms with Crippen molar-refractivity contribution in [3.05, 3.63) is 28.3 Å². The topological polar surface area (TPSA) is 122 Å². The van der Waals surface area contributed by atoms with E-state index in [-0.39, 0.29) is 43.4 Å². The summed E-state index contributed by atoms with van der Waals surface area (Å²) in [5.74, 6) is -0.614. The first kappa shape index (κ1) is 18.6. The maximum Gasteiger partial charge on any atom is 0.271 e. The highest BCUT2D eigenvalue weighted by molar-refractivity contribution is 6.02. The predicted molar refractivity (Wildman–Crippen MR) is 94.4 cm³/mol. The zero-order chi connectivity index (χ0) is 19.4. The third-order valence-corrected chi connectivity index (χ3v) is 4.52. The number of non-ortho nitro benzene ring substituents is 1. The lowest BCUT2D eigenvalue weighted by molar-refractivity contribution is -0.384. The number of nitro groups is 1. The van der Waals surface area contributed by atoms with Crippen molar-refractivity contribution in [3.8, 4) is 5.75 Å². The number of likely N-dealkylation sites (tertiary alicyclic amines) is 1. The Kier molecular flexibility index (Phi) is 5.53. The van der Waals surface area contributed by atoms with Crippen molar-refractivity contribution in [2.24, 2.45) is 0 Å². The van der Waals surface area contributed by atoms with Crippen LogP contribution in [0.4, 0.5) is 11.4 Å². The number of amides is 3. The van der Waals surface area contributed by atoms with E-state index < -0.39 is 16.7 Å². The molecule has 0 atom stereocenters. The number of fused-ring (bicyclic) bond motifs is 1. The number of anilines is 1. The standard InChI is InChI=1S/C17H20N4O6/c22-15(18-6-5-16(23)19-7-1-2-8-19)10-20-13-9-12(21(25)26)3-4-14(13)27-11-17(20)24/h3-4,9H,1-2,5-8,10-11H2,(H,18,22). The van der Waals surface area contributed by atoms with E-state index in [2.05, 4.69) is 5.32 Å². The van der Waals surface area contributed by atoms with E-state index in [4.69, 9.17) is 4.74 Å². The maximum atomic E-state index is 12.2. The molecule has 0 bridgehead atoms. The van der Waals surface area contributed by atoms with Crippen LogP contribution >= 0.6 is 0 Å². The van der Waals surface area contributed by atoms with Crippen LogP contribution in [0.5, 0.6) is 5.75 Å². The molecule has 0 aromatic heterocycles. The number of nitrogens with zero attached hydrogens (tertiary/aromatic N) is 3. The monoisotopic (exact) mass is 376 g/mol. The zero-order valence-corrected chi connectivity index (χ0v) is 14.7. The van der Waals surface area contributed by atoms with Crippen LogP contribution in [0.3, 0.4) is 0 Å². The van der Waals surface area contributed by atoms with Gasteiger partial charge in [0, 0.05) is 38.2 Å². The summed E-state index contributed by atoms with van der Waals surface area (Å²) in [5, 5.41) is 13.6. The molecule has 0 radical (unpaired) electrons. The van der Waals surface area contributed by atoms with Crippen LogP contribution in [0.2, 0.25) is 0 Å². The second-order valence-corrected chi connectivity index (χ2v) is 6.37. The molecule has 0 aliphatic carbocycles. The third-order valence-electron chi connectivity index (χ3n) is 4.52. The lowest BCUT2D eigenvalue weighted by Crippen LogP contribution is -2.45. The Bertz CT molecular complexity index is 775. The minimum atomic E-state index is -0.582. The summed E-state index contributed by atoms with van der Waals surface area (Å²) in [4.78, 5) is 49.6. The fourth-order valence-corrected chi connectivity index (χ4v) is 3.11. The predicted octanol–water partition coefficient (Wildman–Crippen LogP) is 0.449. The molecule has 144 valence electrons. The average molecular weight is 376 g/mol. The molecule has 1 saturated heterocycles. The van der Waals surface area contributed by atoms with Crippen LogP contribution in [0.15, 0.2) is 18.2 Å². The average Bonchev–Trinajstić information content (AvgIpc) is 3.18. The van der Waals surface area contributed by atoms with Gasteiger partial charge in [0.05, 0.1) is 10.6 Å². The molecule has 1 aromatic carbocycles. The fourth-order valence-electron chi connectivity index (χ4n) is 3.11. The first-order valence-corrected chi connectivity index (χ1v) is 8.72. The number of hydrogen-bond acceptors (Lipinski definition) is 6. The van der Waals surface area contributed by atoms with Crippen molar-refractivity contribution in [2.45, 2.75) is 19.3 Å². The van der Waals surface area contributed by atoms with E-state index in [1.807, 2.05) is 0 Å². The Balaban J connectivity index is 1.58. The number of carbonyl (C=O) groups is 3. The van der Waals surface area contributed by atoms with Crippen molar-refractivity contribution in [1.82, 2.24) is 10.2 Å². The van der Waals surface area contributed by atoms with Crippen LogP contribution in [0.1, 0.15) is 19.3 Å². The Morgan fingerprint density at radius 2 is 2.00 bits per heavy atom. The lowest BCUT2D eigenvalue weighted by atomic mass is 10.2. The molecule has 1 fully saturated rings. The highest BCUT2D eigenvalue weighted by Gasteiger charge is 2.29. The molecule has 3 rings (SSSR count). The third kappa shape index (κ3) is 4.33. The van der Waals surface area contributed by atoms with E-state index in [1.54, 1.807) is 4.90 Å². The second kappa shape index (κ2) is 8.02. The van der Waals surface area contributed by atoms with E-state index in [0.717, 1.165) is 30.8 Å². The van der Waals surface area contributed by atoms with Gasteiger partial charge in [0.25, 0.3) is 11.6 Å². The van der Waals surface area contributed by atoms with Gasteiger partial charge in [-0.15, -0.1) is 0 Å². The molecule has 2 aliphatic heterocycles. The van der Waals surface area contributed by atoms with Crippen molar-refractivity contribution >= 4 is 29.1 Å². The largest absolute Gasteiger partial charge is 0.482 e. The van der Waals surface area contributed by atoms with Gasteiger partial charge in [-0.2, -0.15) is 0 Å². The molecule has 0 saturated carbocycles. The molecular weight excluding hydrogens is 356 g/mol. The number of carbonyl (C=O) groups excluding carboxylic acids is 3. The van der Waals surface area contributed by atoms with E-state index in [9.17, 15) is 24.5 Å². The summed E-state index contributed by atoms with van der Waals surface area (Å²) in [7, 11) is 0. The first-order valence-electron chi connectivity index (χ1n) is 8.72. The molecule has 10 heteroatoms. The van der Waals surface area contributed by atoms with E-state index in [0.29, 0.717) is 5.75 Å². The molecule has 10 nitrogen and oxygen atoms in total. The molecule has 0 unspecified atom stereocenters. The normalized spacial score (nSPS) is 15.9.